The van der Waals surface area contributed by atoms with Crippen LogP contribution in [0.15, 0.2) is 34.1 Å². The molecule has 0 unspecified atom stereocenters. The lowest BCUT2D eigenvalue weighted by Crippen LogP contribution is -2.06. The summed E-state index contributed by atoms with van der Waals surface area (Å²) in [5.74, 6) is -39.8. The molecule has 8 nitrogen and oxygen atoms in total. The molecule has 5 heterocycles. The minimum Gasteiger partial charge on any atom is -0.354 e. The van der Waals surface area contributed by atoms with E-state index in [0.29, 0.717) is 24.3 Å². The second kappa shape index (κ2) is 15.1. The van der Waals surface area contributed by atoms with Gasteiger partial charge in [-0.2, -0.15) is 0 Å². The standard InChI is InChI=1S/C37H11Cl2F15N4O4S2/c38-63(59,60)13-5-11-12-6-14(64(39,61)62)37(58-12)17(20-25(44)31(50)35(54)32(51)26(20)45)10-4-2-8(56-10)15(18-21(40)27(46)33(52)28(47)22(18)41)7-1-3-9(55-7)16(36(13)57-11)19-23(42)29(48)34(53)30(49)24(19)43/h1,3,5-6,55,57-58H,2,4H2. The lowest BCUT2D eigenvalue weighted by atomic mass is 9.98. The summed E-state index contributed by atoms with van der Waals surface area (Å²) in [6, 6.07) is 2.11. The lowest BCUT2D eigenvalue weighted by Gasteiger charge is -2.11. The zero-order valence-electron chi connectivity index (χ0n) is 30.0. The number of aryl methyl sites for hydroxylation is 2. The van der Waals surface area contributed by atoms with Crippen LogP contribution in [0.1, 0.15) is 11.4 Å². The van der Waals surface area contributed by atoms with Crippen molar-refractivity contribution in [2.45, 2.75) is 22.6 Å². The molecule has 334 valence electrons. The van der Waals surface area contributed by atoms with E-state index in [9.17, 15) is 56.3 Å². The molecule has 0 radical (unpaired) electrons. The molecule has 0 fully saturated rings. The normalized spacial score (nSPS) is 12.9. The molecule has 8 bridgehead atoms. The van der Waals surface area contributed by atoms with E-state index in [1.807, 2.05) is 0 Å². The molecule has 0 saturated carbocycles. The number of aromatic nitrogens is 4. The molecule has 0 spiro atoms. The summed E-state index contributed by atoms with van der Waals surface area (Å²) in [4.78, 5) is 7.98. The number of hydrogen-bond donors (Lipinski definition) is 3. The number of nitrogens with one attached hydrogen (secondary N) is 3. The highest BCUT2D eigenvalue weighted by molar-refractivity contribution is 8.14. The van der Waals surface area contributed by atoms with Crippen molar-refractivity contribution in [3.8, 4) is 33.4 Å². The summed E-state index contributed by atoms with van der Waals surface area (Å²) in [7, 11) is 0.627. The third-order valence-corrected chi connectivity index (χ3v) is 12.6. The predicted octanol–water partition coefficient (Wildman–Crippen LogP) is 11.3. The summed E-state index contributed by atoms with van der Waals surface area (Å²) >= 11 is 0. The SMILES string of the molecule is O=S(=O)(Cl)c1cc2[nH]c1c(-c1c(F)c(F)c(F)c(F)c1F)c1nc(c(-c3c(F)c(F)c(F)c(F)c3F)c3ccc([nH]3)c(-c3c(F)c(F)c(F)c(F)c3F)c3[nH]c2cc3S(=O)(=O)Cl)CC1. The van der Waals surface area contributed by atoms with Crippen LogP contribution < -0.4 is 0 Å². The molecule has 3 N–H and O–H groups in total. The minimum atomic E-state index is -5.36. The Kier molecular flexibility index (Phi) is 10.5. The van der Waals surface area contributed by atoms with Crippen molar-refractivity contribution in [3.05, 3.63) is 123 Å². The number of aromatic amines is 3. The molecule has 1 aliphatic rings. The Morgan fingerprint density at radius 2 is 0.656 bits per heavy atom. The average molecular weight is 996 g/mol. The van der Waals surface area contributed by atoms with Crippen LogP contribution >= 0.6 is 21.4 Å². The maximum Gasteiger partial charge on any atom is 0.263 e. The second-order valence-electron chi connectivity index (χ2n) is 13.5. The smallest absolute Gasteiger partial charge is 0.263 e. The number of H-pyrrole nitrogens is 3. The summed E-state index contributed by atoms with van der Waals surface area (Å²) in [5, 5.41) is 0. The molecular weight excluding hydrogens is 984 g/mol. The van der Waals surface area contributed by atoms with Crippen molar-refractivity contribution >= 4 is 72.6 Å². The summed E-state index contributed by atoms with van der Waals surface area (Å²) in [6.45, 7) is 0. The maximum absolute atomic E-state index is 15.8. The zero-order chi connectivity index (χ0) is 47.0. The summed E-state index contributed by atoms with van der Waals surface area (Å²) < 4.78 is 280. The minimum absolute atomic E-state index is 0.434. The molecule has 0 amide bonds. The van der Waals surface area contributed by atoms with Crippen molar-refractivity contribution in [1.29, 1.82) is 0 Å². The van der Waals surface area contributed by atoms with Crippen molar-refractivity contribution in [3.63, 3.8) is 0 Å². The van der Waals surface area contributed by atoms with E-state index in [4.69, 9.17) is 21.4 Å². The van der Waals surface area contributed by atoms with E-state index in [-0.39, 0.29) is 0 Å². The van der Waals surface area contributed by atoms with Crippen LogP contribution in [-0.2, 0) is 30.9 Å². The van der Waals surface area contributed by atoms with Gasteiger partial charge in [-0.1, -0.05) is 0 Å². The Labute approximate surface area is 353 Å². The van der Waals surface area contributed by atoms with Gasteiger partial charge in [0, 0.05) is 49.1 Å². The van der Waals surface area contributed by atoms with Crippen LogP contribution in [-0.4, -0.2) is 36.8 Å². The fraction of sp³-hybridized carbons (Fsp3) is 0.0541. The first kappa shape index (κ1) is 44.7. The van der Waals surface area contributed by atoms with Gasteiger partial charge in [0.05, 0.1) is 50.1 Å². The molecule has 64 heavy (non-hydrogen) atoms. The van der Waals surface area contributed by atoms with Crippen molar-refractivity contribution in [2.24, 2.45) is 0 Å². The lowest BCUT2D eigenvalue weighted by molar-refractivity contribution is 0.381. The van der Waals surface area contributed by atoms with Gasteiger partial charge in [0.2, 0.25) is 17.5 Å². The molecule has 3 aromatic carbocycles. The van der Waals surface area contributed by atoms with Gasteiger partial charge in [0.25, 0.3) is 18.1 Å². The molecule has 1 aliphatic heterocycles. The molecule has 27 heteroatoms. The van der Waals surface area contributed by atoms with Crippen molar-refractivity contribution < 1.29 is 82.7 Å². The molecular formula is C37H11Cl2F15N4O4S2. The number of fused-ring (bicyclic) bond motifs is 9. The van der Waals surface area contributed by atoms with Gasteiger partial charge in [-0.3, -0.25) is 4.98 Å². The first-order valence-electron chi connectivity index (χ1n) is 16.9. The Morgan fingerprint density at radius 3 is 1.02 bits per heavy atom. The number of halogens is 17. The van der Waals surface area contributed by atoms with E-state index in [0.717, 1.165) is 0 Å². The van der Waals surface area contributed by atoms with E-state index < -0.39 is 206 Å². The number of rotatable bonds is 5. The summed E-state index contributed by atoms with van der Waals surface area (Å²) in [6.07, 6.45) is -1.75. The fourth-order valence-electron chi connectivity index (χ4n) is 7.19. The zero-order valence-corrected chi connectivity index (χ0v) is 33.2. The first-order valence-corrected chi connectivity index (χ1v) is 21.6. The van der Waals surface area contributed by atoms with Gasteiger partial charge in [0.15, 0.2) is 69.8 Å². The van der Waals surface area contributed by atoms with Gasteiger partial charge in [-0.05, 0) is 37.1 Å². The molecule has 7 aromatic rings. The number of benzene rings is 3. The Morgan fingerprint density at radius 1 is 0.375 bits per heavy atom. The maximum atomic E-state index is 15.8. The quantitative estimate of drug-likeness (QED) is 0.0685. The molecule has 0 saturated heterocycles. The molecule has 4 aromatic heterocycles. The predicted molar refractivity (Wildman–Crippen MR) is 195 cm³/mol. The average Bonchev–Trinajstić information content (AvgIpc) is 4.07. The van der Waals surface area contributed by atoms with E-state index in [1.165, 1.54) is 0 Å². The highest BCUT2D eigenvalue weighted by Gasteiger charge is 2.36. The van der Waals surface area contributed by atoms with Gasteiger partial charge in [-0.15, -0.1) is 0 Å². The first-order chi connectivity index (χ1) is 29.8. The molecule has 0 atom stereocenters. The molecule has 8 rings (SSSR count). The van der Waals surface area contributed by atoms with Gasteiger partial charge in [-0.25, -0.2) is 82.7 Å². The van der Waals surface area contributed by atoms with Gasteiger partial charge < -0.3 is 15.0 Å². The third kappa shape index (κ3) is 6.64. The highest BCUT2D eigenvalue weighted by atomic mass is 35.7. The van der Waals surface area contributed by atoms with Crippen LogP contribution in [0.4, 0.5) is 65.9 Å². The van der Waals surface area contributed by atoms with Crippen LogP contribution in [0.25, 0.3) is 66.5 Å². The fourth-order valence-corrected chi connectivity index (χ4v) is 9.23. The Balaban J connectivity index is 1.77. The Hall–Kier alpha value is -5.92. The van der Waals surface area contributed by atoms with E-state index in [1.54, 1.807) is 0 Å². The third-order valence-electron chi connectivity index (χ3n) is 9.93. The second-order valence-corrected chi connectivity index (χ2v) is 18.5. The number of nitrogens with zero attached hydrogens (tertiary/aromatic N) is 1. The van der Waals surface area contributed by atoms with Gasteiger partial charge >= 0.3 is 0 Å². The van der Waals surface area contributed by atoms with Crippen LogP contribution in [0.5, 0.6) is 0 Å². The van der Waals surface area contributed by atoms with Crippen LogP contribution in [0.2, 0.25) is 0 Å². The van der Waals surface area contributed by atoms with Crippen LogP contribution in [0.3, 0.4) is 0 Å². The summed E-state index contributed by atoms with van der Waals surface area (Å²) in [5.41, 5.74) is -17.7. The largest absolute Gasteiger partial charge is 0.354 e. The van der Waals surface area contributed by atoms with Crippen molar-refractivity contribution in [1.82, 2.24) is 19.9 Å². The van der Waals surface area contributed by atoms with Gasteiger partial charge in [0.1, 0.15) is 9.79 Å². The van der Waals surface area contributed by atoms with E-state index in [2.05, 4.69) is 19.9 Å². The highest BCUT2D eigenvalue weighted by Crippen LogP contribution is 2.45. The van der Waals surface area contributed by atoms with Crippen molar-refractivity contribution in [2.75, 3.05) is 0 Å². The Bertz CT molecular complexity index is 3570. The topological polar surface area (TPSA) is 129 Å². The monoisotopic (exact) mass is 994 g/mol. The van der Waals surface area contributed by atoms with Crippen LogP contribution in [0, 0.1) is 87.3 Å². The number of hydrogen-bond acceptors (Lipinski definition) is 5. The molecule has 0 aliphatic carbocycles. The van der Waals surface area contributed by atoms with E-state index >= 15 is 26.3 Å².